The minimum Gasteiger partial charge on any atom is -0.444 e. The summed E-state index contributed by atoms with van der Waals surface area (Å²) in [5.41, 5.74) is 3.18. The van der Waals surface area contributed by atoms with Crippen molar-refractivity contribution in [1.29, 1.82) is 0 Å². The molecule has 7 heteroatoms. The number of benzene rings is 2. The molecule has 33 heavy (non-hydrogen) atoms. The summed E-state index contributed by atoms with van der Waals surface area (Å²) in [4.78, 5) is 22.8. The van der Waals surface area contributed by atoms with Gasteiger partial charge in [-0.15, -0.1) is 0 Å². The topological polar surface area (TPSA) is 79.4 Å². The number of nitrogens with zero attached hydrogens (tertiary/aromatic N) is 3. The molecule has 0 aliphatic carbocycles. The first-order valence-electron chi connectivity index (χ1n) is 11.2. The van der Waals surface area contributed by atoms with Crippen LogP contribution in [0.15, 0.2) is 60.8 Å². The molecule has 0 atom stereocenters. The fraction of sp³-hybridized carbons (Fsp3) is 0.346. The molecule has 3 rings (SSSR count). The van der Waals surface area contributed by atoms with Crippen LogP contribution in [0.2, 0.25) is 0 Å². The molecule has 0 aliphatic rings. The van der Waals surface area contributed by atoms with Crippen molar-refractivity contribution in [3.8, 4) is 0 Å². The number of nitrogens with one attached hydrogen (secondary N) is 2. The largest absolute Gasteiger partial charge is 0.444 e. The van der Waals surface area contributed by atoms with Gasteiger partial charge in [0, 0.05) is 36.7 Å². The summed E-state index contributed by atoms with van der Waals surface area (Å²) < 4.78 is 5.42. The highest BCUT2D eigenvalue weighted by molar-refractivity contribution is 5.68. The summed E-state index contributed by atoms with van der Waals surface area (Å²) >= 11 is 0. The molecule has 0 spiro atoms. The third kappa shape index (κ3) is 8.44. The van der Waals surface area contributed by atoms with E-state index in [-0.39, 0.29) is 6.09 Å². The van der Waals surface area contributed by atoms with Gasteiger partial charge in [-0.3, -0.25) is 0 Å². The predicted octanol–water partition coefficient (Wildman–Crippen LogP) is 6.67. The molecule has 1 amide bonds. The van der Waals surface area contributed by atoms with E-state index in [0.717, 1.165) is 22.5 Å². The van der Waals surface area contributed by atoms with Crippen molar-refractivity contribution >= 4 is 29.2 Å². The van der Waals surface area contributed by atoms with E-state index in [1.165, 1.54) is 0 Å². The van der Waals surface area contributed by atoms with Crippen molar-refractivity contribution in [2.75, 3.05) is 17.7 Å². The van der Waals surface area contributed by atoms with Crippen LogP contribution in [0.4, 0.5) is 27.9 Å². The Bertz CT molecular complexity index is 1030. The number of aryl methyl sites for hydroxylation is 1. The van der Waals surface area contributed by atoms with Gasteiger partial charge in [0.15, 0.2) is 0 Å². The third-order valence-electron chi connectivity index (χ3n) is 4.32. The number of rotatable bonds is 6. The summed E-state index contributed by atoms with van der Waals surface area (Å²) in [6, 6.07) is 17.7. The normalized spacial score (nSPS) is 10.5. The Kier molecular flexibility index (Phi) is 9.21. The highest BCUT2D eigenvalue weighted by atomic mass is 16.6. The lowest BCUT2D eigenvalue weighted by Crippen LogP contribution is -2.33. The molecule has 0 saturated heterocycles. The molecule has 0 bridgehead atoms. The molecular formula is C26H35N5O2. The van der Waals surface area contributed by atoms with E-state index < -0.39 is 5.60 Å². The van der Waals surface area contributed by atoms with Gasteiger partial charge < -0.3 is 20.3 Å². The van der Waals surface area contributed by atoms with Crippen molar-refractivity contribution in [2.45, 2.75) is 53.7 Å². The second kappa shape index (κ2) is 11.9. The van der Waals surface area contributed by atoms with Crippen LogP contribution in [-0.4, -0.2) is 33.6 Å². The summed E-state index contributed by atoms with van der Waals surface area (Å²) in [6.45, 7) is 12.0. The highest BCUT2D eigenvalue weighted by Crippen LogP contribution is 2.22. The molecule has 0 fully saturated rings. The first-order chi connectivity index (χ1) is 15.7. The molecule has 176 valence electrons. The molecule has 2 N–H and O–H groups in total. The molecule has 2 aromatic carbocycles. The summed E-state index contributed by atoms with van der Waals surface area (Å²) in [5, 5.41) is 6.56. The van der Waals surface area contributed by atoms with E-state index in [4.69, 9.17) is 4.74 Å². The summed E-state index contributed by atoms with van der Waals surface area (Å²) in [7, 11) is 1.73. The van der Waals surface area contributed by atoms with E-state index in [1.807, 2.05) is 96.1 Å². The fourth-order valence-corrected chi connectivity index (χ4v) is 2.84. The van der Waals surface area contributed by atoms with Gasteiger partial charge in [0.2, 0.25) is 5.95 Å². The quantitative estimate of drug-likeness (QED) is 0.438. The second-order valence-electron chi connectivity index (χ2n) is 8.38. The zero-order chi connectivity index (χ0) is 24.4. The average Bonchev–Trinajstić information content (AvgIpc) is 2.77. The molecule has 0 saturated carbocycles. The number of hydrogen-bond donors (Lipinski definition) is 2. The smallest absolute Gasteiger partial charge is 0.410 e. The van der Waals surface area contributed by atoms with Crippen LogP contribution in [0, 0.1) is 6.92 Å². The SMILES string of the molecule is CC.Cc1cnc(Nc2ccccc2)nc1Nc1cccc(CN(C)C(=O)OC(C)(C)C)c1. The number of aromatic nitrogens is 2. The van der Waals surface area contributed by atoms with Gasteiger partial charge in [-0.2, -0.15) is 4.98 Å². The maximum atomic E-state index is 12.2. The van der Waals surface area contributed by atoms with Crippen molar-refractivity contribution < 1.29 is 9.53 Å². The Morgan fingerprint density at radius 3 is 2.33 bits per heavy atom. The molecule has 3 aromatic rings. The zero-order valence-electron chi connectivity index (χ0n) is 20.6. The number of carbonyl (C=O) groups is 1. The number of anilines is 4. The molecule has 7 nitrogen and oxygen atoms in total. The number of hydrogen-bond acceptors (Lipinski definition) is 6. The van der Waals surface area contributed by atoms with E-state index in [0.29, 0.717) is 18.3 Å². The summed E-state index contributed by atoms with van der Waals surface area (Å²) in [6.07, 6.45) is 1.43. The maximum absolute atomic E-state index is 12.2. The average molecular weight is 450 g/mol. The Morgan fingerprint density at radius 2 is 1.67 bits per heavy atom. The monoisotopic (exact) mass is 449 g/mol. The van der Waals surface area contributed by atoms with Gasteiger partial charge in [-0.25, -0.2) is 9.78 Å². The van der Waals surface area contributed by atoms with Crippen LogP contribution in [-0.2, 0) is 11.3 Å². The first kappa shape index (κ1) is 25.6. The van der Waals surface area contributed by atoms with Crippen LogP contribution in [0.1, 0.15) is 45.7 Å². The van der Waals surface area contributed by atoms with Crippen molar-refractivity contribution in [3.05, 3.63) is 71.9 Å². The van der Waals surface area contributed by atoms with Crippen LogP contribution in [0.3, 0.4) is 0 Å². The molecule has 0 radical (unpaired) electrons. The third-order valence-corrected chi connectivity index (χ3v) is 4.32. The minimum absolute atomic E-state index is 0.353. The molecule has 0 unspecified atom stereocenters. The van der Waals surface area contributed by atoms with Gasteiger partial charge in [-0.1, -0.05) is 44.2 Å². The lowest BCUT2D eigenvalue weighted by molar-refractivity contribution is 0.0285. The Hall–Kier alpha value is -3.61. The predicted molar refractivity (Wildman–Crippen MR) is 135 cm³/mol. The lowest BCUT2D eigenvalue weighted by Gasteiger charge is -2.24. The van der Waals surface area contributed by atoms with E-state index in [9.17, 15) is 4.79 Å². The minimum atomic E-state index is -0.523. The van der Waals surface area contributed by atoms with Crippen molar-refractivity contribution in [2.24, 2.45) is 0 Å². The van der Waals surface area contributed by atoms with Gasteiger partial charge >= 0.3 is 6.09 Å². The van der Waals surface area contributed by atoms with Gasteiger partial charge in [0.1, 0.15) is 11.4 Å². The first-order valence-corrected chi connectivity index (χ1v) is 11.2. The van der Waals surface area contributed by atoms with E-state index in [1.54, 1.807) is 18.1 Å². The zero-order valence-corrected chi connectivity index (χ0v) is 20.6. The van der Waals surface area contributed by atoms with Crippen LogP contribution in [0.5, 0.6) is 0 Å². The maximum Gasteiger partial charge on any atom is 0.410 e. The standard InChI is InChI=1S/C24H29N5O2.C2H6/c1-17-15-25-22(27-19-11-7-6-8-12-19)28-21(17)26-20-13-9-10-18(14-20)16-29(5)23(30)31-24(2,3)4;1-2/h6-15H,16H2,1-5H3,(H2,25,26,27,28);1-2H3. The number of ether oxygens (including phenoxy) is 1. The molecule has 0 aliphatic heterocycles. The summed E-state index contributed by atoms with van der Waals surface area (Å²) in [5.74, 6) is 1.23. The van der Waals surface area contributed by atoms with Crippen molar-refractivity contribution in [3.63, 3.8) is 0 Å². The number of amides is 1. The van der Waals surface area contributed by atoms with Gasteiger partial charge in [0.25, 0.3) is 0 Å². The van der Waals surface area contributed by atoms with Crippen molar-refractivity contribution in [1.82, 2.24) is 14.9 Å². The highest BCUT2D eigenvalue weighted by Gasteiger charge is 2.19. The van der Waals surface area contributed by atoms with Gasteiger partial charge in [0.05, 0.1) is 0 Å². The van der Waals surface area contributed by atoms with Crippen LogP contribution >= 0.6 is 0 Å². The number of carbonyl (C=O) groups excluding carboxylic acids is 1. The molecular weight excluding hydrogens is 414 g/mol. The fourth-order valence-electron chi connectivity index (χ4n) is 2.84. The molecule has 1 aromatic heterocycles. The van der Waals surface area contributed by atoms with Gasteiger partial charge in [-0.05, 0) is 57.5 Å². The van der Waals surface area contributed by atoms with Crippen LogP contribution < -0.4 is 10.6 Å². The van der Waals surface area contributed by atoms with E-state index >= 15 is 0 Å². The number of para-hydroxylation sites is 1. The Labute approximate surface area is 197 Å². The van der Waals surface area contributed by atoms with Crippen LogP contribution in [0.25, 0.3) is 0 Å². The Balaban J connectivity index is 0.00000187. The second-order valence-corrected chi connectivity index (χ2v) is 8.38. The molecule has 1 heterocycles. The lowest BCUT2D eigenvalue weighted by atomic mass is 10.2. The Morgan fingerprint density at radius 1 is 1.00 bits per heavy atom. The van der Waals surface area contributed by atoms with E-state index in [2.05, 4.69) is 20.6 Å².